The summed E-state index contributed by atoms with van der Waals surface area (Å²) < 4.78 is 9.82. The second-order valence-corrected chi connectivity index (χ2v) is 8.63. The summed E-state index contributed by atoms with van der Waals surface area (Å²) in [5.41, 5.74) is 0.804. The Morgan fingerprint density at radius 2 is 2.04 bits per heavy atom. The van der Waals surface area contributed by atoms with E-state index < -0.39 is 0 Å². The molecule has 1 fully saturated rings. The SMILES string of the molecule is COc1cccc(Cc2nsc(N3CCCN(C(=O)C(C)(C)C)CC3)n2)c1. The van der Waals surface area contributed by atoms with Crippen molar-refractivity contribution in [3.05, 3.63) is 35.7 Å². The van der Waals surface area contributed by atoms with Gasteiger partial charge in [0, 0.05) is 49.5 Å². The Kier molecular flexibility index (Phi) is 5.99. The summed E-state index contributed by atoms with van der Waals surface area (Å²) in [7, 11) is 1.67. The average Bonchev–Trinajstić information content (AvgIpc) is 2.96. The van der Waals surface area contributed by atoms with Crippen molar-refractivity contribution in [1.82, 2.24) is 14.3 Å². The number of rotatable bonds is 4. The highest BCUT2D eigenvalue weighted by Crippen LogP contribution is 2.23. The number of ether oxygens (including phenoxy) is 1. The molecule has 1 aromatic heterocycles. The molecule has 1 amide bonds. The minimum atomic E-state index is -0.332. The second kappa shape index (κ2) is 8.25. The number of amides is 1. The van der Waals surface area contributed by atoms with E-state index in [1.807, 2.05) is 43.9 Å². The van der Waals surface area contributed by atoms with Gasteiger partial charge in [0.05, 0.1) is 7.11 Å². The van der Waals surface area contributed by atoms with E-state index in [9.17, 15) is 4.79 Å². The molecule has 3 rings (SSSR count). The van der Waals surface area contributed by atoms with Gasteiger partial charge in [-0.05, 0) is 24.1 Å². The van der Waals surface area contributed by atoms with Gasteiger partial charge in [-0.1, -0.05) is 32.9 Å². The highest BCUT2D eigenvalue weighted by Gasteiger charge is 2.29. The third kappa shape index (κ3) is 4.97. The van der Waals surface area contributed by atoms with Crippen molar-refractivity contribution < 1.29 is 9.53 Å². The van der Waals surface area contributed by atoms with Gasteiger partial charge in [-0.2, -0.15) is 4.37 Å². The predicted molar refractivity (Wildman–Crippen MR) is 109 cm³/mol. The van der Waals surface area contributed by atoms with Crippen LogP contribution in [0, 0.1) is 5.41 Å². The van der Waals surface area contributed by atoms with Crippen LogP contribution in [0.3, 0.4) is 0 Å². The van der Waals surface area contributed by atoms with Crippen molar-refractivity contribution in [1.29, 1.82) is 0 Å². The van der Waals surface area contributed by atoms with Crippen LogP contribution in [0.4, 0.5) is 5.13 Å². The maximum absolute atomic E-state index is 12.5. The summed E-state index contributed by atoms with van der Waals surface area (Å²) in [6.45, 7) is 9.19. The summed E-state index contributed by atoms with van der Waals surface area (Å²) in [5, 5.41) is 0.943. The van der Waals surface area contributed by atoms with Crippen molar-refractivity contribution in [2.24, 2.45) is 5.41 Å². The van der Waals surface area contributed by atoms with Crippen LogP contribution in [0.1, 0.15) is 38.6 Å². The lowest BCUT2D eigenvalue weighted by molar-refractivity contribution is -0.139. The number of hydrogen-bond donors (Lipinski definition) is 0. The van der Waals surface area contributed by atoms with Gasteiger partial charge < -0.3 is 14.5 Å². The first-order valence-electron chi connectivity index (χ1n) is 9.36. The molecule has 1 saturated heterocycles. The molecule has 0 spiro atoms. The van der Waals surface area contributed by atoms with E-state index in [1.165, 1.54) is 11.5 Å². The quantitative estimate of drug-likeness (QED) is 0.805. The van der Waals surface area contributed by atoms with Crippen LogP contribution < -0.4 is 9.64 Å². The number of carbonyl (C=O) groups is 1. The zero-order valence-electron chi connectivity index (χ0n) is 16.6. The molecule has 6 nitrogen and oxygen atoms in total. The highest BCUT2D eigenvalue weighted by molar-refractivity contribution is 7.09. The molecule has 0 radical (unpaired) electrons. The largest absolute Gasteiger partial charge is 0.497 e. The Morgan fingerprint density at radius 3 is 2.78 bits per heavy atom. The van der Waals surface area contributed by atoms with Gasteiger partial charge in [0.2, 0.25) is 11.0 Å². The molecular formula is C20H28N4O2S. The van der Waals surface area contributed by atoms with Crippen LogP contribution in [0.15, 0.2) is 24.3 Å². The minimum Gasteiger partial charge on any atom is -0.497 e. The minimum absolute atomic E-state index is 0.223. The monoisotopic (exact) mass is 388 g/mol. The van der Waals surface area contributed by atoms with Crippen molar-refractivity contribution in [3.63, 3.8) is 0 Å². The van der Waals surface area contributed by atoms with Gasteiger partial charge in [0.15, 0.2) is 0 Å². The van der Waals surface area contributed by atoms with Crippen LogP contribution in [-0.4, -0.2) is 53.5 Å². The van der Waals surface area contributed by atoms with E-state index in [2.05, 4.69) is 15.3 Å². The lowest BCUT2D eigenvalue weighted by Crippen LogP contribution is -2.41. The Hall–Kier alpha value is -2.15. The predicted octanol–water partition coefficient (Wildman–Crippen LogP) is 3.22. The lowest BCUT2D eigenvalue weighted by atomic mass is 9.94. The molecule has 7 heteroatoms. The van der Waals surface area contributed by atoms with E-state index in [1.54, 1.807) is 7.11 Å². The zero-order chi connectivity index (χ0) is 19.4. The molecule has 0 saturated carbocycles. The Bertz CT molecular complexity index is 784. The zero-order valence-corrected chi connectivity index (χ0v) is 17.4. The molecule has 2 heterocycles. The molecule has 146 valence electrons. The molecule has 0 N–H and O–H groups in total. The summed E-state index contributed by atoms with van der Waals surface area (Å²) >= 11 is 1.44. The fourth-order valence-corrected chi connectivity index (χ4v) is 3.93. The van der Waals surface area contributed by atoms with Gasteiger partial charge in [-0.25, -0.2) is 4.98 Å². The van der Waals surface area contributed by atoms with Crippen molar-refractivity contribution in [2.75, 3.05) is 38.2 Å². The third-order valence-electron chi connectivity index (χ3n) is 4.65. The molecule has 0 unspecified atom stereocenters. The van der Waals surface area contributed by atoms with Gasteiger partial charge in [-0.3, -0.25) is 4.79 Å². The number of benzene rings is 1. The van der Waals surface area contributed by atoms with E-state index in [4.69, 9.17) is 9.72 Å². The van der Waals surface area contributed by atoms with Gasteiger partial charge in [-0.15, -0.1) is 0 Å². The van der Waals surface area contributed by atoms with Crippen molar-refractivity contribution >= 4 is 22.6 Å². The highest BCUT2D eigenvalue weighted by atomic mass is 32.1. The molecule has 1 aliphatic heterocycles. The second-order valence-electron chi connectivity index (χ2n) is 7.90. The number of aromatic nitrogens is 2. The number of methoxy groups -OCH3 is 1. The van der Waals surface area contributed by atoms with Gasteiger partial charge >= 0.3 is 0 Å². The fraction of sp³-hybridized carbons (Fsp3) is 0.550. The van der Waals surface area contributed by atoms with Crippen LogP contribution >= 0.6 is 11.5 Å². The smallest absolute Gasteiger partial charge is 0.228 e. The number of anilines is 1. The maximum Gasteiger partial charge on any atom is 0.228 e. The van der Waals surface area contributed by atoms with Crippen LogP contribution in [-0.2, 0) is 11.2 Å². The molecule has 0 bridgehead atoms. The standard InChI is InChI=1S/C20H28N4O2S/c1-20(2,3)18(25)23-9-6-10-24(12-11-23)19-21-17(22-27-19)14-15-7-5-8-16(13-15)26-4/h5,7-8,13H,6,9-12,14H2,1-4H3. The third-order valence-corrected chi connectivity index (χ3v) is 5.46. The summed E-state index contributed by atoms with van der Waals surface area (Å²) in [6.07, 6.45) is 1.64. The lowest BCUT2D eigenvalue weighted by Gasteiger charge is -2.28. The number of nitrogens with zero attached hydrogens (tertiary/aromatic N) is 4. The van der Waals surface area contributed by atoms with Crippen LogP contribution in [0.25, 0.3) is 0 Å². The molecule has 0 atom stereocenters. The summed E-state index contributed by atoms with van der Waals surface area (Å²) in [6, 6.07) is 8.00. The molecule has 2 aromatic rings. The van der Waals surface area contributed by atoms with E-state index in [-0.39, 0.29) is 11.3 Å². The maximum atomic E-state index is 12.5. The molecule has 1 aliphatic rings. The summed E-state index contributed by atoms with van der Waals surface area (Å²) in [4.78, 5) is 21.5. The van der Waals surface area contributed by atoms with Crippen molar-refractivity contribution in [3.8, 4) is 5.75 Å². The van der Waals surface area contributed by atoms with Gasteiger partial charge in [0.1, 0.15) is 11.6 Å². The van der Waals surface area contributed by atoms with Crippen molar-refractivity contribution in [2.45, 2.75) is 33.6 Å². The first-order valence-corrected chi connectivity index (χ1v) is 10.1. The Morgan fingerprint density at radius 1 is 1.22 bits per heavy atom. The fourth-order valence-electron chi connectivity index (χ4n) is 3.20. The molecule has 27 heavy (non-hydrogen) atoms. The van der Waals surface area contributed by atoms with Crippen LogP contribution in [0.5, 0.6) is 5.75 Å². The first-order chi connectivity index (χ1) is 12.9. The Balaban J connectivity index is 1.63. The van der Waals surface area contributed by atoms with E-state index in [0.29, 0.717) is 6.42 Å². The van der Waals surface area contributed by atoms with E-state index in [0.717, 1.165) is 54.9 Å². The molecular weight excluding hydrogens is 360 g/mol. The first kappa shape index (κ1) is 19.6. The number of carbonyl (C=O) groups excluding carboxylic acids is 1. The molecule has 1 aromatic carbocycles. The normalized spacial score (nSPS) is 15.6. The number of hydrogen-bond acceptors (Lipinski definition) is 6. The average molecular weight is 389 g/mol. The van der Waals surface area contributed by atoms with Crippen LogP contribution in [0.2, 0.25) is 0 Å². The molecule has 0 aliphatic carbocycles. The Labute approximate surface area is 165 Å². The van der Waals surface area contributed by atoms with Gasteiger partial charge in [0.25, 0.3) is 0 Å². The topological polar surface area (TPSA) is 58.6 Å². The van der Waals surface area contributed by atoms with E-state index >= 15 is 0 Å². The summed E-state index contributed by atoms with van der Waals surface area (Å²) in [5.74, 6) is 1.90.